The molecule has 0 saturated heterocycles. The molecule has 128 valence electrons. The molecule has 0 atom stereocenters. The summed E-state index contributed by atoms with van der Waals surface area (Å²) in [6, 6.07) is 14.4. The van der Waals surface area contributed by atoms with Crippen LogP contribution in [0, 0.1) is 5.92 Å². The van der Waals surface area contributed by atoms with Gasteiger partial charge in [-0.1, -0.05) is 50.2 Å². The van der Waals surface area contributed by atoms with Gasteiger partial charge in [-0.3, -0.25) is 4.79 Å². The van der Waals surface area contributed by atoms with E-state index in [1.165, 1.54) is 11.6 Å². The Hall–Kier alpha value is -2.14. The van der Waals surface area contributed by atoms with Crippen LogP contribution in [0.1, 0.15) is 25.0 Å². The molecule has 24 heavy (non-hydrogen) atoms. The van der Waals surface area contributed by atoms with E-state index in [1.807, 2.05) is 24.3 Å². The van der Waals surface area contributed by atoms with Crippen molar-refractivity contribution in [2.75, 3.05) is 11.6 Å². The van der Waals surface area contributed by atoms with Gasteiger partial charge < -0.3 is 5.32 Å². The van der Waals surface area contributed by atoms with Gasteiger partial charge in [-0.15, -0.1) is 0 Å². The number of amides is 1. The van der Waals surface area contributed by atoms with E-state index in [-0.39, 0.29) is 17.2 Å². The van der Waals surface area contributed by atoms with Crippen LogP contribution in [0.4, 0.5) is 5.69 Å². The highest BCUT2D eigenvalue weighted by atomic mass is 32.2. The topological polar surface area (TPSA) is 63.2 Å². The molecule has 0 spiro atoms. The summed E-state index contributed by atoms with van der Waals surface area (Å²) in [4.78, 5) is 12.3. The highest BCUT2D eigenvalue weighted by molar-refractivity contribution is 7.90. The molecule has 0 bridgehead atoms. The summed E-state index contributed by atoms with van der Waals surface area (Å²) in [6.45, 7) is 4.33. The van der Waals surface area contributed by atoms with Crippen LogP contribution < -0.4 is 5.32 Å². The van der Waals surface area contributed by atoms with Crippen LogP contribution in [0.3, 0.4) is 0 Å². The van der Waals surface area contributed by atoms with Gasteiger partial charge in [0.1, 0.15) is 0 Å². The van der Waals surface area contributed by atoms with Crippen LogP contribution in [0.5, 0.6) is 0 Å². The van der Waals surface area contributed by atoms with Crippen molar-refractivity contribution in [1.82, 2.24) is 0 Å². The number of carbonyl (C=O) groups excluding carboxylic acids is 1. The summed E-state index contributed by atoms with van der Waals surface area (Å²) in [5, 5.41) is 2.69. The lowest BCUT2D eigenvalue weighted by Gasteiger charge is -2.10. The summed E-state index contributed by atoms with van der Waals surface area (Å²) in [5.74, 6) is 0.356. The Morgan fingerprint density at radius 2 is 1.58 bits per heavy atom. The second-order valence-electron chi connectivity index (χ2n) is 6.41. The van der Waals surface area contributed by atoms with Crippen LogP contribution in [0.2, 0.25) is 0 Å². The molecule has 1 amide bonds. The average molecular weight is 345 g/mol. The Balaban J connectivity index is 2.07. The van der Waals surface area contributed by atoms with Gasteiger partial charge in [0.25, 0.3) is 0 Å². The molecule has 0 aliphatic rings. The largest absolute Gasteiger partial charge is 0.325 e. The summed E-state index contributed by atoms with van der Waals surface area (Å²) in [5.41, 5.74) is 2.47. The van der Waals surface area contributed by atoms with E-state index in [4.69, 9.17) is 0 Å². The number of sulfone groups is 1. The maximum absolute atomic E-state index is 12.2. The highest BCUT2D eigenvalue weighted by Gasteiger charge is 2.14. The van der Waals surface area contributed by atoms with Gasteiger partial charge in [-0.25, -0.2) is 8.42 Å². The zero-order valence-corrected chi connectivity index (χ0v) is 15.1. The van der Waals surface area contributed by atoms with E-state index in [0.29, 0.717) is 11.6 Å². The number of rotatable bonds is 6. The first-order valence-corrected chi connectivity index (χ1v) is 9.81. The van der Waals surface area contributed by atoms with Crippen molar-refractivity contribution in [1.29, 1.82) is 0 Å². The van der Waals surface area contributed by atoms with Crippen LogP contribution >= 0.6 is 0 Å². The number of hydrogen-bond donors (Lipinski definition) is 1. The normalized spacial score (nSPS) is 11.5. The Morgan fingerprint density at radius 1 is 1.00 bits per heavy atom. The first-order chi connectivity index (χ1) is 11.3. The molecular formula is C19H23NO3S. The van der Waals surface area contributed by atoms with Crippen molar-refractivity contribution in [2.24, 2.45) is 5.92 Å². The molecule has 0 fully saturated rings. The second kappa shape index (κ2) is 7.62. The number of hydrogen-bond acceptors (Lipinski definition) is 3. The number of carbonyl (C=O) groups is 1. The van der Waals surface area contributed by atoms with E-state index in [0.717, 1.165) is 18.2 Å². The third kappa shape index (κ3) is 5.20. The van der Waals surface area contributed by atoms with Crippen molar-refractivity contribution in [3.05, 3.63) is 59.7 Å². The Morgan fingerprint density at radius 3 is 2.17 bits per heavy atom. The van der Waals surface area contributed by atoms with Gasteiger partial charge in [0.15, 0.2) is 9.84 Å². The molecule has 2 aromatic carbocycles. The fourth-order valence-corrected chi connectivity index (χ4v) is 3.38. The van der Waals surface area contributed by atoms with Crippen molar-refractivity contribution < 1.29 is 13.2 Å². The smallest absolute Gasteiger partial charge is 0.228 e. The Bertz CT molecular complexity index is 809. The number of para-hydroxylation sites is 1. The second-order valence-corrected chi connectivity index (χ2v) is 8.39. The van der Waals surface area contributed by atoms with Crippen molar-refractivity contribution in [3.8, 4) is 0 Å². The highest BCUT2D eigenvalue weighted by Crippen LogP contribution is 2.21. The van der Waals surface area contributed by atoms with Gasteiger partial charge in [-0.2, -0.15) is 0 Å². The van der Waals surface area contributed by atoms with E-state index in [9.17, 15) is 13.2 Å². The van der Waals surface area contributed by atoms with Crippen LogP contribution in [-0.2, 0) is 27.5 Å². The molecule has 2 aromatic rings. The molecule has 5 heteroatoms. The Labute approximate surface area is 143 Å². The monoisotopic (exact) mass is 345 g/mol. The van der Waals surface area contributed by atoms with Gasteiger partial charge in [0.2, 0.25) is 5.91 Å². The van der Waals surface area contributed by atoms with Gasteiger partial charge in [0, 0.05) is 6.26 Å². The molecule has 4 nitrogen and oxygen atoms in total. The molecule has 0 radical (unpaired) electrons. The van der Waals surface area contributed by atoms with Crippen molar-refractivity contribution >= 4 is 21.4 Å². The zero-order valence-electron chi connectivity index (χ0n) is 14.2. The standard InChI is InChI=1S/C19H23NO3S/c1-14(2)12-15-8-10-16(11-9-15)13-19(21)20-17-6-4-5-7-18(17)24(3,22)23/h4-11,14H,12-13H2,1-3H3,(H,20,21). The fraction of sp³-hybridized carbons (Fsp3) is 0.316. The number of nitrogens with one attached hydrogen (secondary N) is 1. The first-order valence-electron chi connectivity index (χ1n) is 7.92. The molecule has 0 aliphatic carbocycles. The third-order valence-electron chi connectivity index (χ3n) is 3.59. The first kappa shape index (κ1) is 18.2. The van der Waals surface area contributed by atoms with Crippen molar-refractivity contribution in [3.63, 3.8) is 0 Å². The molecule has 0 unspecified atom stereocenters. The van der Waals surface area contributed by atoms with E-state index in [1.54, 1.807) is 18.2 Å². The average Bonchev–Trinajstić information content (AvgIpc) is 2.48. The summed E-state index contributed by atoms with van der Waals surface area (Å²) >= 11 is 0. The lowest BCUT2D eigenvalue weighted by atomic mass is 10.0. The SMILES string of the molecule is CC(C)Cc1ccc(CC(=O)Nc2ccccc2S(C)(=O)=O)cc1. The minimum atomic E-state index is -3.38. The molecule has 0 aromatic heterocycles. The van der Waals surface area contributed by atoms with Crippen LogP contribution in [0.25, 0.3) is 0 Å². The van der Waals surface area contributed by atoms with E-state index < -0.39 is 9.84 Å². The maximum Gasteiger partial charge on any atom is 0.228 e. The molecule has 1 N–H and O–H groups in total. The van der Waals surface area contributed by atoms with Gasteiger partial charge in [-0.05, 0) is 35.6 Å². The molecule has 0 aliphatic heterocycles. The quantitative estimate of drug-likeness (QED) is 0.872. The number of anilines is 1. The summed E-state index contributed by atoms with van der Waals surface area (Å²) in [7, 11) is -3.38. The third-order valence-corrected chi connectivity index (χ3v) is 4.75. The van der Waals surface area contributed by atoms with Crippen LogP contribution in [-0.4, -0.2) is 20.6 Å². The predicted octanol–water partition coefficient (Wildman–Crippen LogP) is 3.47. The fourth-order valence-electron chi connectivity index (χ4n) is 2.54. The predicted molar refractivity (Wildman–Crippen MR) is 96.9 cm³/mol. The van der Waals surface area contributed by atoms with E-state index >= 15 is 0 Å². The van der Waals surface area contributed by atoms with Crippen LogP contribution in [0.15, 0.2) is 53.4 Å². The lowest BCUT2D eigenvalue weighted by Crippen LogP contribution is -2.16. The number of benzene rings is 2. The lowest BCUT2D eigenvalue weighted by molar-refractivity contribution is -0.115. The molecular weight excluding hydrogens is 322 g/mol. The molecule has 0 heterocycles. The van der Waals surface area contributed by atoms with Crippen molar-refractivity contribution in [2.45, 2.75) is 31.6 Å². The molecule has 2 rings (SSSR count). The summed E-state index contributed by atoms with van der Waals surface area (Å²) in [6.07, 6.45) is 2.35. The minimum absolute atomic E-state index is 0.130. The van der Waals surface area contributed by atoms with E-state index in [2.05, 4.69) is 19.2 Å². The molecule has 0 saturated carbocycles. The summed E-state index contributed by atoms with van der Waals surface area (Å²) < 4.78 is 23.5. The zero-order chi connectivity index (χ0) is 17.7. The van der Waals surface area contributed by atoms with Gasteiger partial charge >= 0.3 is 0 Å². The van der Waals surface area contributed by atoms with Gasteiger partial charge in [0.05, 0.1) is 17.0 Å². The maximum atomic E-state index is 12.2. The minimum Gasteiger partial charge on any atom is -0.325 e. The Kier molecular flexibility index (Phi) is 5.78.